The minimum atomic E-state index is -0.140. The summed E-state index contributed by atoms with van der Waals surface area (Å²) in [5.41, 5.74) is 4.62. The van der Waals surface area contributed by atoms with E-state index in [1.165, 1.54) is 5.56 Å². The maximum absolute atomic E-state index is 12.8. The van der Waals surface area contributed by atoms with Crippen molar-refractivity contribution >= 4 is 23.0 Å². The molecule has 0 aromatic heterocycles. The summed E-state index contributed by atoms with van der Waals surface area (Å²) in [6.07, 6.45) is 3.78. The summed E-state index contributed by atoms with van der Waals surface area (Å²) < 4.78 is 5.11. The van der Waals surface area contributed by atoms with Crippen LogP contribution < -0.4 is 5.32 Å². The molecule has 0 heterocycles. The van der Waals surface area contributed by atoms with Crippen LogP contribution >= 0.6 is 12.2 Å². The largest absolute Gasteiger partial charge is 0.383 e. The van der Waals surface area contributed by atoms with Crippen molar-refractivity contribution in [1.29, 1.82) is 0 Å². The summed E-state index contributed by atoms with van der Waals surface area (Å²) >= 11 is 5.58. The molecule has 0 saturated carbocycles. The van der Waals surface area contributed by atoms with Gasteiger partial charge in [-0.3, -0.25) is 4.79 Å². The SMILES string of the molecule is COCC(C)NC(=O)c1cc(C(=S)/C=C\N(C)C)cc(-c2ccc(C)cc2)c1. The lowest BCUT2D eigenvalue weighted by atomic mass is 9.97. The summed E-state index contributed by atoms with van der Waals surface area (Å²) in [7, 11) is 5.50. The third kappa shape index (κ3) is 6.29. The van der Waals surface area contributed by atoms with Crippen LogP contribution in [-0.4, -0.2) is 49.5 Å². The molecule has 0 aliphatic carbocycles. The number of aryl methyl sites for hydroxylation is 1. The Hall–Kier alpha value is -2.50. The van der Waals surface area contributed by atoms with Crippen LogP contribution in [0.1, 0.15) is 28.4 Å². The van der Waals surface area contributed by atoms with Crippen LogP contribution in [0.4, 0.5) is 0 Å². The number of carbonyl (C=O) groups is 1. The van der Waals surface area contributed by atoms with E-state index in [1.54, 1.807) is 7.11 Å². The molecule has 5 heteroatoms. The Labute approximate surface area is 173 Å². The second kappa shape index (κ2) is 10.2. The summed E-state index contributed by atoms with van der Waals surface area (Å²) in [5, 5.41) is 2.97. The van der Waals surface area contributed by atoms with Crippen LogP contribution in [0, 0.1) is 6.92 Å². The van der Waals surface area contributed by atoms with Crippen molar-refractivity contribution in [3.63, 3.8) is 0 Å². The van der Waals surface area contributed by atoms with Crippen LogP contribution in [0.3, 0.4) is 0 Å². The zero-order chi connectivity index (χ0) is 20.7. The standard InChI is InChI=1S/C23H28N2O2S/c1-16-6-8-18(9-7-16)19-12-20(22(28)10-11-25(3)4)14-21(13-19)23(26)24-17(2)15-27-5/h6-14,17H,15H2,1-5H3,(H,24,26)/b11-10-. The van der Waals surface area contributed by atoms with E-state index in [0.29, 0.717) is 17.0 Å². The van der Waals surface area contributed by atoms with Crippen LogP contribution in [0.15, 0.2) is 54.7 Å². The lowest BCUT2D eigenvalue weighted by molar-refractivity contribution is 0.0905. The van der Waals surface area contributed by atoms with E-state index >= 15 is 0 Å². The molecule has 2 aromatic rings. The summed E-state index contributed by atoms with van der Waals surface area (Å²) in [6.45, 7) is 4.42. The maximum Gasteiger partial charge on any atom is 0.251 e. The number of hydrogen-bond acceptors (Lipinski definition) is 4. The van der Waals surface area contributed by atoms with Gasteiger partial charge in [-0.15, -0.1) is 0 Å². The third-order valence-corrected chi connectivity index (χ3v) is 4.55. The molecule has 0 saturated heterocycles. The first-order valence-corrected chi connectivity index (χ1v) is 9.62. The molecular weight excluding hydrogens is 368 g/mol. The molecule has 4 nitrogen and oxygen atoms in total. The van der Waals surface area contributed by atoms with Gasteiger partial charge in [0.2, 0.25) is 0 Å². The number of thiocarbonyl (C=S) groups is 1. The molecule has 0 aliphatic rings. The van der Waals surface area contributed by atoms with E-state index in [0.717, 1.165) is 16.7 Å². The van der Waals surface area contributed by atoms with Crippen molar-refractivity contribution in [2.75, 3.05) is 27.8 Å². The number of methoxy groups -OCH3 is 1. The van der Waals surface area contributed by atoms with Gasteiger partial charge >= 0.3 is 0 Å². The van der Waals surface area contributed by atoms with E-state index in [4.69, 9.17) is 17.0 Å². The minimum Gasteiger partial charge on any atom is -0.383 e. The molecule has 0 fully saturated rings. The average molecular weight is 397 g/mol. The Bertz CT molecular complexity index is 857. The van der Waals surface area contributed by atoms with E-state index in [1.807, 2.05) is 56.4 Å². The molecule has 1 N–H and O–H groups in total. The number of carbonyl (C=O) groups excluding carboxylic acids is 1. The maximum atomic E-state index is 12.8. The number of allylic oxidation sites excluding steroid dienone is 1. The predicted octanol–water partition coefficient (Wildman–Crippen LogP) is 4.22. The zero-order valence-electron chi connectivity index (χ0n) is 17.2. The number of amides is 1. The van der Waals surface area contributed by atoms with Crippen molar-refractivity contribution in [1.82, 2.24) is 10.2 Å². The minimum absolute atomic E-state index is 0.0791. The molecule has 0 radical (unpaired) electrons. The van der Waals surface area contributed by atoms with Gasteiger partial charge in [-0.1, -0.05) is 42.0 Å². The van der Waals surface area contributed by atoms with E-state index in [9.17, 15) is 4.79 Å². The number of ether oxygens (including phenoxy) is 1. The van der Waals surface area contributed by atoms with Gasteiger partial charge in [0.15, 0.2) is 0 Å². The Balaban J connectivity index is 2.44. The fourth-order valence-electron chi connectivity index (χ4n) is 2.73. The van der Waals surface area contributed by atoms with Gasteiger partial charge in [-0.25, -0.2) is 0 Å². The first-order chi connectivity index (χ1) is 13.3. The van der Waals surface area contributed by atoms with Crippen molar-refractivity contribution in [3.8, 4) is 11.1 Å². The molecule has 2 rings (SSSR count). The first-order valence-electron chi connectivity index (χ1n) is 9.21. The molecule has 1 amide bonds. The molecule has 1 atom stereocenters. The molecule has 28 heavy (non-hydrogen) atoms. The van der Waals surface area contributed by atoms with Crippen LogP contribution in [0.2, 0.25) is 0 Å². The molecule has 0 bridgehead atoms. The molecular formula is C23H28N2O2S. The summed E-state index contributed by atoms with van der Waals surface area (Å²) in [5.74, 6) is -0.140. The summed E-state index contributed by atoms with van der Waals surface area (Å²) in [4.78, 5) is 15.4. The monoisotopic (exact) mass is 396 g/mol. The number of nitrogens with zero attached hydrogens (tertiary/aromatic N) is 1. The van der Waals surface area contributed by atoms with E-state index in [2.05, 4.69) is 36.5 Å². The van der Waals surface area contributed by atoms with Crippen molar-refractivity contribution in [2.45, 2.75) is 19.9 Å². The van der Waals surface area contributed by atoms with Crippen molar-refractivity contribution in [3.05, 3.63) is 71.4 Å². The number of rotatable bonds is 8. The van der Waals surface area contributed by atoms with Gasteiger partial charge in [-0.05, 0) is 61.0 Å². The third-order valence-electron chi connectivity index (χ3n) is 4.18. The molecule has 2 aromatic carbocycles. The van der Waals surface area contributed by atoms with Gasteiger partial charge in [0.1, 0.15) is 0 Å². The van der Waals surface area contributed by atoms with Crippen molar-refractivity contribution < 1.29 is 9.53 Å². The van der Waals surface area contributed by atoms with Gasteiger partial charge in [0, 0.05) is 37.7 Å². The highest BCUT2D eigenvalue weighted by molar-refractivity contribution is 7.81. The average Bonchev–Trinajstić information content (AvgIpc) is 2.66. The fourth-order valence-corrected chi connectivity index (χ4v) is 2.90. The van der Waals surface area contributed by atoms with Gasteiger partial charge in [0.25, 0.3) is 5.91 Å². The molecule has 1 unspecified atom stereocenters. The van der Waals surface area contributed by atoms with Gasteiger partial charge < -0.3 is 15.0 Å². The van der Waals surface area contributed by atoms with Gasteiger partial charge in [-0.2, -0.15) is 0 Å². The second-order valence-corrected chi connectivity index (χ2v) is 7.58. The highest BCUT2D eigenvalue weighted by Crippen LogP contribution is 2.24. The lowest BCUT2D eigenvalue weighted by Crippen LogP contribution is -2.35. The van der Waals surface area contributed by atoms with Crippen LogP contribution in [0.5, 0.6) is 0 Å². The van der Waals surface area contributed by atoms with Crippen molar-refractivity contribution in [2.24, 2.45) is 0 Å². The second-order valence-electron chi connectivity index (χ2n) is 7.14. The quantitative estimate of drug-likeness (QED) is 0.412. The first kappa shape index (κ1) is 21.8. The highest BCUT2D eigenvalue weighted by Gasteiger charge is 2.14. The van der Waals surface area contributed by atoms with E-state index < -0.39 is 0 Å². The fraction of sp³-hybridized carbons (Fsp3) is 0.304. The number of nitrogens with one attached hydrogen (secondary N) is 1. The topological polar surface area (TPSA) is 41.6 Å². The van der Waals surface area contributed by atoms with E-state index in [-0.39, 0.29) is 11.9 Å². The Morgan fingerprint density at radius 3 is 2.39 bits per heavy atom. The Morgan fingerprint density at radius 2 is 1.79 bits per heavy atom. The molecule has 148 valence electrons. The number of hydrogen-bond donors (Lipinski definition) is 1. The van der Waals surface area contributed by atoms with Gasteiger partial charge in [0.05, 0.1) is 6.61 Å². The highest BCUT2D eigenvalue weighted by atomic mass is 32.1. The Morgan fingerprint density at radius 1 is 1.14 bits per heavy atom. The summed E-state index contributed by atoms with van der Waals surface area (Å²) in [6, 6.07) is 13.9. The zero-order valence-corrected chi connectivity index (χ0v) is 18.0. The smallest absolute Gasteiger partial charge is 0.251 e. The lowest BCUT2D eigenvalue weighted by Gasteiger charge is -2.15. The predicted molar refractivity (Wildman–Crippen MR) is 120 cm³/mol. The van der Waals surface area contributed by atoms with Crippen LogP contribution in [-0.2, 0) is 4.74 Å². The molecule has 0 aliphatic heterocycles. The van der Waals surface area contributed by atoms with Crippen LogP contribution in [0.25, 0.3) is 11.1 Å². The number of benzene rings is 2. The normalized spacial score (nSPS) is 12.0. The Kier molecular flexibility index (Phi) is 7.91. The molecule has 0 spiro atoms.